The second-order valence-corrected chi connectivity index (χ2v) is 3.44. The number of hydrogen-bond donors (Lipinski definition) is 0. The Morgan fingerprint density at radius 2 is 2.00 bits per heavy atom. The molecular formula is C8H8F2INO2. The van der Waals surface area contributed by atoms with E-state index in [2.05, 4.69) is 4.98 Å². The molecule has 0 saturated carbocycles. The lowest BCUT2D eigenvalue weighted by molar-refractivity contribution is 0.144. The van der Waals surface area contributed by atoms with Crippen molar-refractivity contribution in [2.45, 2.75) is 6.43 Å². The first-order chi connectivity index (χ1) is 6.61. The van der Waals surface area contributed by atoms with Crippen molar-refractivity contribution >= 4 is 22.6 Å². The molecule has 14 heavy (non-hydrogen) atoms. The van der Waals surface area contributed by atoms with Crippen molar-refractivity contribution in [3.63, 3.8) is 0 Å². The van der Waals surface area contributed by atoms with Crippen LogP contribution in [0.4, 0.5) is 8.78 Å². The maximum atomic E-state index is 12.4. The fraction of sp³-hybridized carbons (Fsp3) is 0.375. The molecule has 1 aromatic rings. The first-order valence-electron chi connectivity index (χ1n) is 3.66. The summed E-state index contributed by atoms with van der Waals surface area (Å²) in [4.78, 5) is 3.59. The van der Waals surface area contributed by atoms with Gasteiger partial charge in [0.2, 0.25) is 0 Å². The largest absolute Gasteiger partial charge is 0.492 e. The van der Waals surface area contributed by atoms with Crippen LogP contribution in [0.25, 0.3) is 0 Å². The van der Waals surface area contributed by atoms with E-state index >= 15 is 0 Å². The molecule has 78 valence electrons. The van der Waals surface area contributed by atoms with E-state index in [9.17, 15) is 8.78 Å². The average Bonchev–Trinajstić information content (AvgIpc) is 2.16. The molecule has 0 aliphatic rings. The second kappa shape index (κ2) is 4.72. The lowest BCUT2D eigenvalue weighted by atomic mass is 10.3. The minimum atomic E-state index is -2.61. The molecule has 0 unspecified atom stereocenters. The van der Waals surface area contributed by atoms with Crippen molar-refractivity contribution in [1.29, 1.82) is 0 Å². The number of aromatic nitrogens is 1. The van der Waals surface area contributed by atoms with Crippen LogP contribution in [-0.2, 0) is 0 Å². The van der Waals surface area contributed by atoms with Gasteiger partial charge in [0.05, 0.1) is 24.0 Å². The van der Waals surface area contributed by atoms with E-state index in [4.69, 9.17) is 9.47 Å². The summed E-state index contributed by atoms with van der Waals surface area (Å²) >= 11 is 1.76. The van der Waals surface area contributed by atoms with Crippen molar-refractivity contribution < 1.29 is 18.3 Å². The highest BCUT2D eigenvalue weighted by molar-refractivity contribution is 14.1. The molecule has 0 spiro atoms. The van der Waals surface area contributed by atoms with Crippen LogP contribution in [0.15, 0.2) is 6.20 Å². The number of ether oxygens (including phenoxy) is 2. The molecule has 0 aliphatic heterocycles. The van der Waals surface area contributed by atoms with Crippen LogP contribution in [0.2, 0.25) is 0 Å². The van der Waals surface area contributed by atoms with E-state index in [1.165, 1.54) is 20.4 Å². The quantitative estimate of drug-likeness (QED) is 0.804. The SMILES string of the molecule is COc1cnc(C(F)F)c(I)c1OC. The molecule has 0 bridgehead atoms. The Hall–Kier alpha value is -0.660. The number of rotatable bonds is 3. The van der Waals surface area contributed by atoms with Crippen molar-refractivity contribution in [3.05, 3.63) is 15.5 Å². The van der Waals surface area contributed by atoms with Gasteiger partial charge in [-0.2, -0.15) is 0 Å². The van der Waals surface area contributed by atoms with Gasteiger partial charge in [-0.1, -0.05) is 0 Å². The molecule has 0 fully saturated rings. The summed E-state index contributed by atoms with van der Waals surface area (Å²) in [5, 5.41) is 0. The van der Waals surface area contributed by atoms with Crippen molar-refractivity contribution in [2.24, 2.45) is 0 Å². The summed E-state index contributed by atoms with van der Waals surface area (Å²) in [6.07, 6.45) is -1.38. The van der Waals surface area contributed by atoms with Gasteiger partial charge in [-0.15, -0.1) is 0 Å². The number of pyridine rings is 1. The Morgan fingerprint density at radius 3 is 2.43 bits per heavy atom. The van der Waals surface area contributed by atoms with Crippen LogP contribution in [0.1, 0.15) is 12.1 Å². The average molecular weight is 315 g/mol. The zero-order chi connectivity index (χ0) is 10.7. The third-order valence-electron chi connectivity index (χ3n) is 1.60. The summed E-state index contributed by atoms with van der Waals surface area (Å²) in [6.45, 7) is 0. The van der Waals surface area contributed by atoms with Gasteiger partial charge in [0.25, 0.3) is 6.43 Å². The number of alkyl halides is 2. The molecule has 3 nitrogen and oxygen atoms in total. The Bertz CT molecular complexity index is 333. The predicted molar refractivity (Wildman–Crippen MR) is 55.0 cm³/mol. The second-order valence-electron chi connectivity index (χ2n) is 2.36. The topological polar surface area (TPSA) is 31.4 Å². The van der Waals surface area contributed by atoms with Gasteiger partial charge in [-0.3, -0.25) is 0 Å². The summed E-state index contributed by atoms with van der Waals surface area (Å²) in [5.74, 6) is 0.639. The van der Waals surface area contributed by atoms with Gasteiger partial charge in [0.1, 0.15) is 5.69 Å². The monoisotopic (exact) mass is 315 g/mol. The number of methoxy groups -OCH3 is 2. The molecule has 1 aromatic heterocycles. The highest BCUT2D eigenvalue weighted by atomic mass is 127. The van der Waals surface area contributed by atoms with Gasteiger partial charge in [0.15, 0.2) is 11.5 Å². The molecule has 0 aromatic carbocycles. The summed E-state index contributed by atoms with van der Waals surface area (Å²) in [7, 11) is 2.83. The molecule has 0 atom stereocenters. The molecule has 0 aliphatic carbocycles. The van der Waals surface area contributed by atoms with Crippen LogP contribution in [0.3, 0.4) is 0 Å². The Kier molecular flexibility index (Phi) is 3.85. The van der Waals surface area contributed by atoms with Crippen LogP contribution >= 0.6 is 22.6 Å². The van der Waals surface area contributed by atoms with Gasteiger partial charge in [0, 0.05) is 0 Å². The van der Waals surface area contributed by atoms with E-state index < -0.39 is 6.43 Å². The molecule has 0 radical (unpaired) electrons. The fourth-order valence-electron chi connectivity index (χ4n) is 0.956. The minimum Gasteiger partial charge on any atom is -0.492 e. The highest BCUT2D eigenvalue weighted by Gasteiger charge is 2.20. The lowest BCUT2D eigenvalue weighted by Crippen LogP contribution is -2.00. The Morgan fingerprint density at radius 1 is 1.36 bits per heavy atom. The van der Waals surface area contributed by atoms with Gasteiger partial charge < -0.3 is 9.47 Å². The zero-order valence-corrected chi connectivity index (χ0v) is 9.71. The zero-order valence-electron chi connectivity index (χ0n) is 7.55. The van der Waals surface area contributed by atoms with Crippen molar-refractivity contribution in [2.75, 3.05) is 14.2 Å². The van der Waals surface area contributed by atoms with E-state index in [-0.39, 0.29) is 9.26 Å². The first-order valence-corrected chi connectivity index (χ1v) is 4.74. The standard InChI is InChI=1S/C8H8F2INO2/c1-13-4-3-12-6(8(9)10)5(11)7(4)14-2/h3,8H,1-2H3. The summed E-state index contributed by atoms with van der Waals surface area (Å²) < 4.78 is 35.0. The van der Waals surface area contributed by atoms with Gasteiger partial charge in [-0.05, 0) is 22.6 Å². The normalized spacial score (nSPS) is 10.4. The smallest absolute Gasteiger partial charge is 0.281 e. The Balaban J connectivity index is 3.27. The number of nitrogens with zero attached hydrogens (tertiary/aromatic N) is 1. The van der Waals surface area contributed by atoms with E-state index in [1.807, 2.05) is 0 Å². The minimum absolute atomic E-state index is 0.277. The van der Waals surface area contributed by atoms with E-state index in [0.717, 1.165) is 0 Å². The number of halogens is 3. The highest BCUT2D eigenvalue weighted by Crippen LogP contribution is 2.36. The fourth-order valence-corrected chi connectivity index (χ4v) is 1.82. The molecule has 0 amide bonds. The molecule has 1 rings (SSSR count). The van der Waals surface area contributed by atoms with Crippen LogP contribution in [0, 0.1) is 3.57 Å². The van der Waals surface area contributed by atoms with E-state index in [0.29, 0.717) is 11.5 Å². The third kappa shape index (κ3) is 2.05. The predicted octanol–water partition coefficient (Wildman–Crippen LogP) is 2.64. The molecular weight excluding hydrogens is 307 g/mol. The van der Waals surface area contributed by atoms with Crippen LogP contribution < -0.4 is 9.47 Å². The van der Waals surface area contributed by atoms with E-state index in [1.54, 1.807) is 22.6 Å². The molecule has 1 heterocycles. The van der Waals surface area contributed by atoms with Crippen LogP contribution in [0.5, 0.6) is 11.5 Å². The Labute approximate surface area is 93.6 Å². The lowest BCUT2D eigenvalue weighted by Gasteiger charge is -2.11. The number of hydrogen-bond acceptors (Lipinski definition) is 3. The molecule has 6 heteroatoms. The van der Waals surface area contributed by atoms with Gasteiger partial charge in [-0.25, -0.2) is 13.8 Å². The summed E-state index contributed by atoms with van der Waals surface area (Å²) in [6, 6.07) is 0. The maximum absolute atomic E-state index is 12.4. The molecule has 0 saturated heterocycles. The van der Waals surface area contributed by atoms with Crippen molar-refractivity contribution in [3.8, 4) is 11.5 Å². The maximum Gasteiger partial charge on any atom is 0.281 e. The van der Waals surface area contributed by atoms with Crippen molar-refractivity contribution in [1.82, 2.24) is 4.98 Å². The molecule has 0 N–H and O–H groups in total. The van der Waals surface area contributed by atoms with Crippen LogP contribution in [-0.4, -0.2) is 19.2 Å². The van der Waals surface area contributed by atoms with Gasteiger partial charge >= 0.3 is 0 Å². The first kappa shape index (κ1) is 11.4. The summed E-state index contributed by atoms with van der Waals surface area (Å²) in [5.41, 5.74) is -0.289. The third-order valence-corrected chi connectivity index (χ3v) is 2.64.